The maximum absolute atomic E-state index is 5.60. The lowest BCUT2D eigenvalue weighted by atomic mass is 9.95. The number of ether oxygens (including phenoxy) is 1. The molecule has 0 amide bonds. The van der Waals surface area contributed by atoms with Crippen molar-refractivity contribution in [1.29, 1.82) is 0 Å². The Bertz CT molecular complexity index is 1250. The number of hydrogen-bond acceptors (Lipinski definition) is 6. The number of imidazole rings is 1. The van der Waals surface area contributed by atoms with Gasteiger partial charge < -0.3 is 14.0 Å². The number of likely N-dealkylation sites (tertiary alicyclic amines) is 1. The van der Waals surface area contributed by atoms with Gasteiger partial charge in [0, 0.05) is 46.8 Å². The minimum Gasteiger partial charge on any atom is -0.493 e. The molecule has 1 aliphatic heterocycles. The predicted molar refractivity (Wildman–Crippen MR) is 133 cm³/mol. The Kier molecular flexibility index (Phi) is 5.97. The van der Waals surface area contributed by atoms with Crippen LogP contribution < -0.4 is 4.74 Å². The number of methoxy groups -OCH3 is 1. The van der Waals surface area contributed by atoms with Crippen LogP contribution in [0.3, 0.4) is 0 Å². The number of pyridine rings is 1. The van der Waals surface area contributed by atoms with Gasteiger partial charge in [0.2, 0.25) is 0 Å². The van der Waals surface area contributed by atoms with E-state index in [1.807, 2.05) is 16.7 Å². The van der Waals surface area contributed by atoms with Gasteiger partial charge in [-0.15, -0.1) is 11.3 Å². The molecular formula is C25H32N6OS. The van der Waals surface area contributed by atoms with Crippen LogP contribution in [-0.2, 0) is 0 Å². The topological polar surface area (TPSA) is 71.3 Å². The lowest BCUT2D eigenvalue weighted by Crippen LogP contribution is -2.37. The summed E-state index contributed by atoms with van der Waals surface area (Å²) in [6.07, 6.45) is 10.3. The quantitative estimate of drug-likeness (QED) is 0.404. The molecule has 0 saturated carbocycles. The summed E-state index contributed by atoms with van der Waals surface area (Å²) in [7, 11) is 1.68. The van der Waals surface area contributed by atoms with Crippen LogP contribution in [0.15, 0.2) is 30.9 Å². The van der Waals surface area contributed by atoms with E-state index in [0.717, 1.165) is 46.4 Å². The molecule has 0 aliphatic carbocycles. The van der Waals surface area contributed by atoms with Gasteiger partial charge in [0.25, 0.3) is 0 Å². The fraction of sp³-hybridized carbons (Fsp3) is 0.480. The Balaban J connectivity index is 1.48. The first-order valence-electron chi connectivity index (χ1n) is 11.8. The Morgan fingerprint density at radius 1 is 1.15 bits per heavy atom. The third-order valence-corrected chi connectivity index (χ3v) is 7.90. The molecule has 33 heavy (non-hydrogen) atoms. The zero-order chi connectivity index (χ0) is 23.1. The standard InChI is InChI=1S/C25H32N6OS/c1-15(2)21-22(18-12-19(32-5)24-26-8-11-31(24)14-18)28-29-23(21)25-27-13-20(33-25)17-6-9-30(10-7-17)16(3)4/h8,11-17H,6-7,9-10H2,1-5H3,(H,28,29). The van der Waals surface area contributed by atoms with Crippen molar-refractivity contribution in [3.05, 3.63) is 41.3 Å². The van der Waals surface area contributed by atoms with Gasteiger partial charge in [-0.25, -0.2) is 9.97 Å². The average Bonchev–Trinajstić information content (AvgIpc) is 3.57. The highest BCUT2D eigenvalue weighted by atomic mass is 32.1. The summed E-state index contributed by atoms with van der Waals surface area (Å²) >= 11 is 1.80. The second-order valence-corrected chi connectivity index (χ2v) is 10.5. The van der Waals surface area contributed by atoms with E-state index in [2.05, 4.69) is 55.1 Å². The first-order chi connectivity index (χ1) is 16.0. The van der Waals surface area contributed by atoms with Crippen LogP contribution in [0, 0.1) is 0 Å². The molecular weight excluding hydrogens is 432 g/mol. The Labute approximate surface area is 198 Å². The van der Waals surface area contributed by atoms with E-state index < -0.39 is 0 Å². The molecule has 0 radical (unpaired) electrons. The first kappa shape index (κ1) is 22.1. The van der Waals surface area contributed by atoms with E-state index in [9.17, 15) is 0 Å². The summed E-state index contributed by atoms with van der Waals surface area (Å²) in [5.41, 5.74) is 4.99. The number of rotatable bonds is 6. The van der Waals surface area contributed by atoms with Gasteiger partial charge in [0.05, 0.1) is 12.8 Å². The first-order valence-corrected chi connectivity index (χ1v) is 12.6. The van der Waals surface area contributed by atoms with Crippen molar-refractivity contribution < 1.29 is 4.74 Å². The lowest BCUT2D eigenvalue weighted by molar-refractivity contribution is 0.172. The smallest absolute Gasteiger partial charge is 0.179 e. The van der Waals surface area contributed by atoms with E-state index in [1.54, 1.807) is 24.6 Å². The molecule has 0 aromatic carbocycles. The second-order valence-electron chi connectivity index (χ2n) is 9.44. The maximum atomic E-state index is 5.60. The van der Waals surface area contributed by atoms with Crippen LogP contribution in [0.25, 0.3) is 27.6 Å². The summed E-state index contributed by atoms with van der Waals surface area (Å²) in [6, 6.07) is 2.65. The van der Waals surface area contributed by atoms with E-state index in [0.29, 0.717) is 17.9 Å². The molecule has 1 fully saturated rings. The van der Waals surface area contributed by atoms with Gasteiger partial charge in [0.15, 0.2) is 11.4 Å². The summed E-state index contributed by atoms with van der Waals surface area (Å²) in [5, 5.41) is 9.05. The van der Waals surface area contributed by atoms with Crippen molar-refractivity contribution in [3.63, 3.8) is 0 Å². The van der Waals surface area contributed by atoms with Crippen LogP contribution in [0.4, 0.5) is 0 Å². The molecule has 1 aliphatic rings. The highest BCUT2D eigenvalue weighted by Gasteiger charge is 2.26. The highest BCUT2D eigenvalue weighted by molar-refractivity contribution is 7.15. The number of fused-ring (bicyclic) bond motifs is 1. The molecule has 1 saturated heterocycles. The number of nitrogens with zero attached hydrogens (tertiary/aromatic N) is 5. The minimum atomic E-state index is 0.292. The van der Waals surface area contributed by atoms with Crippen molar-refractivity contribution in [1.82, 2.24) is 29.5 Å². The number of thiazole rings is 1. The molecule has 4 aromatic rings. The van der Waals surface area contributed by atoms with Crippen molar-refractivity contribution in [2.24, 2.45) is 0 Å². The van der Waals surface area contributed by atoms with Gasteiger partial charge in [-0.1, -0.05) is 13.8 Å². The number of hydrogen-bond donors (Lipinski definition) is 1. The zero-order valence-corrected chi connectivity index (χ0v) is 20.8. The number of aromatic amines is 1. The van der Waals surface area contributed by atoms with Crippen molar-refractivity contribution in [2.45, 2.75) is 58.4 Å². The summed E-state index contributed by atoms with van der Waals surface area (Å²) < 4.78 is 7.59. The molecule has 0 unspecified atom stereocenters. The summed E-state index contributed by atoms with van der Waals surface area (Å²) in [5.74, 6) is 1.63. The van der Waals surface area contributed by atoms with Crippen molar-refractivity contribution in [2.75, 3.05) is 20.2 Å². The van der Waals surface area contributed by atoms with E-state index in [4.69, 9.17) is 14.8 Å². The molecule has 174 valence electrons. The van der Waals surface area contributed by atoms with E-state index >= 15 is 0 Å². The molecule has 1 N–H and O–H groups in total. The average molecular weight is 465 g/mol. The van der Waals surface area contributed by atoms with Crippen LogP contribution in [0.2, 0.25) is 0 Å². The van der Waals surface area contributed by atoms with Crippen molar-refractivity contribution in [3.8, 4) is 27.7 Å². The Morgan fingerprint density at radius 2 is 1.94 bits per heavy atom. The number of piperidine rings is 1. The fourth-order valence-electron chi connectivity index (χ4n) is 4.87. The largest absolute Gasteiger partial charge is 0.493 e. The third kappa shape index (κ3) is 4.06. The van der Waals surface area contributed by atoms with Crippen molar-refractivity contribution >= 4 is 17.0 Å². The molecule has 0 atom stereocenters. The predicted octanol–water partition coefficient (Wildman–Crippen LogP) is 5.57. The highest BCUT2D eigenvalue weighted by Crippen LogP contribution is 2.40. The summed E-state index contributed by atoms with van der Waals surface area (Å²) in [6.45, 7) is 11.3. The van der Waals surface area contributed by atoms with E-state index in [-0.39, 0.29) is 0 Å². The van der Waals surface area contributed by atoms with Crippen LogP contribution >= 0.6 is 11.3 Å². The molecule has 5 heterocycles. The molecule has 5 rings (SSSR count). The lowest BCUT2D eigenvalue weighted by Gasteiger charge is -2.34. The Morgan fingerprint density at radius 3 is 2.64 bits per heavy atom. The van der Waals surface area contributed by atoms with Gasteiger partial charge >= 0.3 is 0 Å². The molecule has 4 aromatic heterocycles. The van der Waals surface area contributed by atoms with Gasteiger partial charge in [0.1, 0.15) is 10.7 Å². The van der Waals surface area contributed by atoms with Crippen LogP contribution in [-0.4, -0.2) is 55.7 Å². The van der Waals surface area contributed by atoms with Gasteiger partial charge in [-0.05, 0) is 57.7 Å². The number of nitrogens with one attached hydrogen (secondary N) is 1. The molecule has 0 spiro atoms. The van der Waals surface area contributed by atoms with Gasteiger partial charge in [-0.2, -0.15) is 5.10 Å². The van der Waals surface area contributed by atoms with Crippen LogP contribution in [0.1, 0.15) is 62.8 Å². The molecule has 8 heteroatoms. The van der Waals surface area contributed by atoms with Crippen LogP contribution in [0.5, 0.6) is 5.75 Å². The fourth-order valence-corrected chi connectivity index (χ4v) is 5.96. The van der Waals surface area contributed by atoms with E-state index in [1.165, 1.54) is 23.3 Å². The van der Waals surface area contributed by atoms with Gasteiger partial charge in [-0.3, -0.25) is 5.10 Å². The minimum absolute atomic E-state index is 0.292. The monoisotopic (exact) mass is 464 g/mol. The Hall–Kier alpha value is -2.71. The second kappa shape index (κ2) is 8.91. The molecule has 0 bridgehead atoms. The zero-order valence-electron chi connectivity index (χ0n) is 20.0. The SMILES string of the molecule is COc1cc(-c2[nH]nc(-c3ncc(C4CCN(C(C)C)CC4)s3)c2C(C)C)cn2ccnc12. The number of aromatic nitrogens is 5. The molecule has 7 nitrogen and oxygen atoms in total. The summed E-state index contributed by atoms with van der Waals surface area (Å²) in [4.78, 5) is 13.2. The maximum Gasteiger partial charge on any atom is 0.179 e. The number of H-pyrrole nitrogens is 1. The normalized spacial score (nSPS) is 15.8. The third-order valence-electron chi connectivity index (χ3n) is 6.73.